The lowest BCUT2D eigenvalue weighted by atomic mass is 9.85. The highest BCUT2D eigenvalue weighted by atomic mass is 16.4. The fourth-order valence-corrected chi connectivity index (χ4v) is 5.50. The van der Waals surface area contributed by atoms with Crippen LogP contribution in [0.2, 0.25) is 0 Å². The van der Waals surface area contributed by atoms with Crippen LogP contribution < -0.4 is 5.32 Å². The van der Waals surface area contributed by atoms with Gasteiger partial charge in [-0.2, -0.15) is 0 Å². The summed E-state index contributed by atoms with van der Waals surface area (Å²) in [5.41, 5.74) is 5.26. The highest BCUT2D eigenvalue weighted by molar-refractivity contribution is 6.09. The fraction of sp³-hybridized carbons (Fsp3) is 0.281. The molecule has 6 nitrogen and oxygen atoms in total. The van der Waals surface area contributed by atoms with Crippen LogP contribution in [0.4, 0.5) is 4.79 Å². The van der Waals surface area contributed by atoms with Crippen molar-refractivity contribution in [3.05, 3.63) is 102 Å². The van der Waals surface area contributed by atoms with Crippen LogP contribution in [0.3, 0.4) is 0 Å². The molecule has 6 heteroatoms. The molecule has 1 unspecified atom stereocenters. The number of nitrogens with one attached hydrogen (secondary N) is 1. The second-order valence-corrected chi connectivity index (χ2v) is 9.96. The normalized spacial score (nSPS) is 14.8. The Morgan fingerprint density at radius 1 is 0.947 bits per heavy atom. The Balaban J connectivity index is 1.60. The molecule has 0 aliphatic carbocycles. The van der Waals surface area contributed by atoms with Crippen molar-refractivity contribution in [2.75, 3.05) is 13.1 Å². The number of hydrogen-bond donors (Lipinski definition) is 2. The average molecular weight is 508 g/mol. The number of fused-ring (bicyclic) bond motifs is 1. The minimum absolute atomic E-state index is 0.102. The van der Waals surface area contributed by atoms with Gasteiger partial charge in [0.1, 0.15) is 0 Å². The molecule has 5 rings (SSSR count). The van der Waals surface area contributed by atoms with E-state index in [0.29, 0.717) is 25.1 Å². The van der Waals surface area contributed by atoms with Gasteiger partial charge in [-0.05, 0) is 48.8 Å². The van der Waals surface area contributed by atoms with E-state index in [1.165, 1.54) is 4.90 Å². The van der Waals surface area contributed by atoms with Gasteiger partial charge in [0.15, 0.2) is 0 Å². The third-order valence-corrected chi connectivity index (χ3v) is 7.56. The number of piperidine rings is 1. The van der Waals surface area contributed by atoms with E-state index in [9.17, 15) is 14.7 Å². The van der Waals surface area contributed by atoms with Gasteiger partial charge in [-0.1, -0.05) is 85.8 Å². The Kier molecular flexibility index (Phi) is 7.68. The first-order valence-electron chi connectivity index (χ1n) is 13.4. The highest BCUT2D eigenvalue weighted by Gasteiger charge is 2.28. The van der Waals surface area contributed by atoms with Crippen molar-refractivity contribution in [2.24, 2.45) is 5.92 Å². The largest absolute Gasteiger partial charge is 0.465 e. The number of carbonyl (C=O) groups excluding carboxylic acids is 1. The quantitative estimate of drug-likeness (QED) is 0.291. The lowest BCUT2D eigenvalue weighted by Gasteiger charge is -2.31. The molecule has 194 valence electrons. The van der Waals surface area contributed by atoms with Gasteiger partial charge in [-0.3, -0.25) is 4.79 Å². The molecule has 1 aliphatic heterocycles. The first kappa shape index (κ1) is 25.5. The molecule has 1 atom stereocenters. The van der Waals surface area contributed by atoms with Gasteiger partial charge < -0.3 is 15.3 Å². The van der Waals surface area contributed by atoms with Gasteiger partial charge in [0.05, 0.1) is 22.8 Å². The molecule has 0 saturated carbocycles. The zero-order valence-electron chi connectivity index (χ0n) is 21.6. The summed E-state index contributed by atoms with van der Waals surface area (Å²) in [6.45, 7) is 3.10. The SMILES string of the molecule is CCC(NC(=O)c1c(CC2CCN(C(=O)O)CC2)c(-c2ccccc2)nc2ccccc12)c1ccccc1. The number of hydrogen-bond acceptors (Lipinski definition) is 3. The number of carbonyl (C=O) groups is 2. The fourth-order valence-electron chi connectivity index (χ4n) is 5.50. The summed E-state index contributed by atoms with van der Waals surface area (Å²) in [6.07, 6.45) is 2.09. The van der Waals surface area contributed by atoms with Crippen molar-refractivity contribution in [1.29, 1.82) is 0 Å². The lowest BCUT2D eigenvalue weighted by Crippen LogP contribution is -2.38. The molecule has 0 spiro atoms. The molecule has 2 heterocycles. The number of pyridine rings is 1. The molecule has 1 aromatic heterocycles. The Morgan fingerprint density at radius 2 is 1.58 bits per heavy atom. The molecule has 1 aliphatic rings. The van der Waals surface area contributed by atoms with E-state index in [1.807, 2.05) is 84.9 Å². The monoisotopic (exact) mass is 507 g/mol. The van der Waals surface area contributed by atoms with E-state index in [4.69, 9.17) is 4.98 Å². The van der Waals surface area contributed by atoms with E-state index in [2.05, 4.69) is 12.2 Å². The topological polar surface area (TPSA) is 82.5 Å². The molecule has 0 bridgehead atoms. The summed E-state index contributed by atoms with van der Waals surface area (Å²) < 4.78 is 0. The van der Waals surface area contributed by atoms with Crippen LogP contribution in [0.1, 0.15) is 53.7 Å². The van der Waals surface area contributed by atoms with E-state index in [-0.39, 0.29) is 17.9 Å². The lowest BCUT2D eigenvalue weighted by molar-refractivity contribution is 0.0936. The number of benzene rings is 3. The predicted molar refractivity (Wildman–Crippen MR) is 150 cm³/mol. The number of likely N-dealkylation sites (tertiary alicyclic amines) is 1. The Morgan fingerprint density at radius 3 is 2.24 bits per heavy atom. The summed E-state index contributed by atoms with van der Waals surface area (Å²) in [4.78, 5) is 32.2. The number of nitrogens with zero attached hydrogens (tertiary/aromatic N) is 2. The zero-order valence-corrected chi connectivity index (χ0v) is 21.6. The van der Waals surface area contributed by atoms with Crippen molar-refractivity contribution in [1.82, 2.24) is 15.2 Å². The molecule has 1 saturated heterocycles. The van der Waals surface area contributed by atoms with E-state index < -0.39 is 6.09 Å². The van der Waals surface area contributed by atoms with Gasteiger partial charge in [0.2, 0.25) is 0 Å². The molecule has 3 aromatic carbocycles. The van der Waals surface area contributed by atoms with Crippen molar-refractivity contribution < 1.29 is 14.7 Å². The van der Waals surface area contributed by atoms with Crippen LogP contribution in [-0.4, -0.2) is 40.1 Å². The van der Waals surface area contributed by atoms with Gasteiger partial charge in [0.25, 0.3) is 5.91 Å². The van der Waals surface area contributed by atoms with Crippen molar-refractivity contribution >= 4 is 22.9 Å². The zero-order chi connectivity index (χ0) is 26.5. The maximum absolute atomic E-state index is 14.2. The van der Waals surface area contributed by atoms with Crippen LogP contribution in [0.15, 0.2) is 84.9 Å². The maximum atomic E-state index is 14.2. The second kappa shape index (κ2) is 11.5. The molecule has 4 aromatic rings. The highest BCUT2D eigenvalue weighted by Crippen LogP contribution is 2.34. The number of carboxylic acid groups (broad SMARTS) is 1. The van der Waals surface area contributed by atoms with Crippen molar-refractivity contribution in [3.63, 3.8) is 0 Å². The number of amides is 2. The number of rotatable bonds is 7. The van der Waals surface area contributed by atoms with E-state index in [0.717, 1.165) is 52.5 Å². The molecule has 2 amide bonds. The van der Waals surface area contributed by atoms with Crippen LogP contribution >= 0.6 is 0 Å². The Labute approximate surface area is 223 Å². The van der Waals surface area contributed by atoms with E-state index >= 15 is 0 Å². The third-order valence-electron chi connectivity index (χ3n) is 7.56. The average Bonchev–Trinajstić information content (AvgIpc) is 2.96. The smallest absolute Gasteiger partial charge is 0.407 e. The summed E-state index contributed by atoms with van der Waals surface area (Å²) in [7, 11) is 0. The second-order valence-electron chi connectivity index (χ2n) is 9.96. The third kappa shape index (κ3) is 5.40. The molecular formula is C32H33N3O3. The number of para-hydroxylation sites is 1. The minimum atomic E-state index is -0.868. The van der Waals surface area contributed by atoms with Crippen LogP contribution in [0, 0.1) is 5.92 Å². The van der Waals surface area contributed by atoms with Gasteiger partial charge in [0, 0.05) is 24.0 Å². The predicted octanol–water partition coefficient (Wildman–Crippen LogP) is 6.72. The molecule has 38 heavy (non-hydrogen) atoms. The summed E-state index contributed by atoms with van der Waals surface area (Å²) >= 11 is 0. The van der Waals surface area contributed by atoms with Gasteiger partial charge >= 0.3 is 6.09 Å². The van der Waals surface area contributed by atoms with Crippen molar-refractivity contribution in [3.8, 4) is 11.3 Å². The molecule has 2 N–H and O–H groups in total. The summed E-state index contributed by atoms with van der Waals surface area (Å²) in [5.74, 6) is 0.160. The standard InChI is InChI=1S/C32H33N3O3/c1-2-27(23-11-5-3-6-12-23)34-31(36)29-25-15-9-10-16-28(25)33-30(24-13-7-4-8-14-24)26(29)21-22-17-19-35(20-18-22)32(37)38/h3-16,22,27H,2,17-21H2,1H3,(H,34,36)(H,37,38). The van der Waals surface area contributed by atoms with Crippen LogP contribution in [-0.2, 0) is 6.42 Å². The first-order valence-corrected chi connectivity index (χ1v) is 13.4. The van der Waals surface area contributed by atoms with Gasteiger partial charge in [-0.15, -0.1) is 0 Å². The van der Waals surface area contributed by atoms with Gasteiger partial charge in [-0.25, -0.2) is 9.78 Å². The van der Waals surface area contributed by atoms with Crippen LogP contribution in [0.5, 0.6) is 0 Å². The Hall–Kier alpha value is -4.19. The summed E-state index contributed by atoms with van der Waals surface area (Å²) in [6, 6.07) is 27.8. The molecule has 0 radical (unpaired) electrons. The number of aromatic nitrogens is 1. The Bertz CT molecular complexity index is 1410. The minimum Gasteiger partial charge on any atom is -0.465 e. The maximum Gasteiger partial charge on any atom is 0.407 e. The molecule has 1 fully saturated rings. The first-order chi connectivity index (χ1) is 18.5. The molecular weight excluding hydrogens is 474 g/mol. The van der Waals surface area contributed by atoms with Crippen molar-refractivity contribution in [2.45, 2.75) is 38.6 Å². The van der Waals surface area contributed by atoms with E-state index in [1.54, 1.807) is 0 Å². The van der Waals surface area contributed by atoms with Crippen LogP contribution in [0.25, 0.3) is 22.2 Å². The summed E-state index contributed by atoms with van der Waals surface area (Å²) in [5, 5.41) is 13.6.